The average Bonchev–Trinajstić information content (AvgIpc) is 3.27. The summed E-state index contributed by atoms with van der Waals surface area (Å²) in [6.07, 6.45) is 5.05. The second-order valence-corrected chi connectivity index (χ2v) is 11.8. The molecule has 0 radical (unpaired) electrons. The lowest BCUT2D eigenvalue weighted by Crippen LogP contribution is -2.29. The number of hydrogen-bond acceptors (Lipinski definition) is 8. The second-order valence-electron chi connectivity index (χ2n) is 5.98. The van der Waals surface area contributed by atoms with Crippen molar-refractivity contribution in [1.82, 2.24) is 0 Å². The summed E-state index contributed by atoms with van der Waals surface area (Å²) < 4.78 is 0. The molecular formula is C20H12N2O4S4. The van der Waals surface area contributed by atoms with Crippen LogP contribution in [0.1, 0.15) is 0 Å². The number of anilines is 2. The first kappa shape index (κ1) is 20.9. The molecular weight excluding hydrogens is 460 g/mol. The lowest BCUT2D eigenvalue weighted by Gasteiger charge is -2.14. The first-order valence-corrected chi connectivity index (χ1v) is 13.3. The van der Waals surface area contributed by atoms with Crippen LogP contribution in [0.15, 0.2) is 82.6 Å². The predicted molar refractivity (Wildman–Crippen MR) is 123 cm³/mol. The van der Waals surface area contributed by atoms with Gasteiger partial charge in [0.25, 0.3) is 23.6 Å². The van der Waals surface area contributed by atoms with Crippen LogP contribution in [0.4, 0.5) is 11.4 Å². The van der Waals surface area contributed by atoms with E-state index in [0.717, 1.165) is 19.6 Å². The van der Waals surface area contributed by atoms with Gasteiger partial charge in [-0.15, -0.1) is 0 Å². The van der Waals surface area contributed by atoms with Gasteiger partial charge in [0, 0.05) is 34.1 Å². The largest absolute Gasteiger partial charge is 0.269 e. The minimum atomic E-state index is -0.331. The van der Waals surface area contributed by atoms with Crippen LogP contribution in [0.5, 0.6) is 0 Å². The van der Waals surface area contributed by atoms with E-state index in [4.69, 9.17) is 0 Å². The maximum Gasteiger partial charge on any atom is 0.258 e. The van der Waals surface area contributed by atoms with E-state index in [9.17, 15) is 19.2 Å². The average molecular weight is 473 g/mol. The fourth-order valence-electron chi connectivity index (χ4n) is 2.72. The summed E-state index contributed by atoms with van der Waals surface area (Å²) in [5.41, 5.74) is 1.10. The molecule has 4 amide bonds. The fraction of sp³-hybridized carbons (Fsp3) is 0. The van der Waals surface area contributed by atoms with Crippen LogP contribution in [0.2, 0.25) is 0 Å². The van der Waals surface area contributed by atoms with E-state index < -0.39 is 0 Å². The molecule has 2 aromatic carbocycles. The number of carbonyl (C=O) groups is 4. The van der Waals surface area contributed by atoms with Gasteiger partial charge in [-0.05, 0) is 89.8 Å². The first-order valence-electron chi connectivity index (χ1n) is 8.53. The molecule has 150 valence electrons. The molecule has 0 aromatic heterocycles. The fourth-order valence-corrected chi connectivity index (χ4v) is 8.14. The Kier molecular flexibility index (Phi) is 6.38. The van der Waals surface area contributed by atoms with E-state index in [0.29, 0.717) is 11.4 Å². The summed E-state index contributed by atoms with van der Waals surface area (Å²) in [6, 6.07) is 14.5. The van der Waals surface area contributed by atoms with Crippen LogP contribution in [-0.2, 0) is 19.2 Å². The SMILES string of the molecule is O=C1C=CC(=O)N1c1ccc(SSSSc2ccc(N3C(=O)C=CC3=O)cc2)cc1. The maximum absolute atomic E-state index is 11.7. The molecule has 2 aromatic rings. The van der Waals surface area contributed by atoms with Crippen molar-refractivity contribution in [2.75, 3.05) is 9.80 Å². The molecule has 0 spiro atoms. The van der Waals surface area contributed by atoms with Gasteiger partial charge in [0.05, 0.1) is 11.4 Å². The van der Waals surface area contributed by atoms with Gasteiger partial charge in [0.2, 0.25) is 0 Å². The van der Waals surface area contributed by atoms with Gasteiger partial charge in [-0.25, -0.2) is 9.80 Å². The molecule has 0 saturated carbocycles. The van der Waals surface area contributed by atoms with Crippen LogP contribution in [0.3, 0.4) is 0 Å². The Bertz CT molecular complexity index is 957. The van der Waals surface area contributed by atoms with Crippen LogP contribution >= 0.6 is 41.2 Å². The monoisotopic (exact) mass is 472 g/mol. The molecule has 30 heavy (non-hydrogen) atoms. The van der Waals surface area contributed by atoms with E-state index in [1.54, 1.807) is 65.5 Å². The van der Waals surface area contributed by atoms with Crippen molar-refractivity contribution >= 4 is 76.2 Å². The molecule has 2 aliphatic rings. The third-order valence-corrected chi connectivity index (χ3v) is 10.2. The highest BCUT2D eigenvalue weighted by atomic mass is 33.7. The van der Waals surface area contributed by atoms with Crippen LogP contribution in [0.25, 0.3) is 0 Å². The zero-order valence-corrected chi connectivity index (χ0v) is 18.4. The van der Waals surface area contributed by atoms with E-state index in [-0.39, 0.29) is 23.6 Å². The molecule has 0 bridgehead atoms. The number of amides is 4. The minimum Gasteiger partial charge on any atom is -0.269 e. The van der Waals surface area contributed by atoms with Crippen molar-refractivity contribution in [3.05, 3.63) is 72.8 Å². The molecule has 10 heteroatoms. The minimum absolute atomic E-state index is 0.331. The van der Waals surface area contributed by atoms with Gasteiger partial charge in [-0.2, -0.15) is 0 Å². The van der Waals surface area contributed by atoms with Gasteiger partial charge in [-0.1, -0.05) is 0 Å². The van der Waals surface area contributed by atoms with E-state index >= 15 is 0 Å². The Morgan fingerprint density at radius 2 is 0.767 bits per heavy atom. The van der Waals surface area contributed by atoms with E-state index in [1.165, 1.54) is 24.3 Å². The molecule has 0 aliphatic carbocycles. The van der Waals surface area contributed by atoms with Gasteiger partial charge >= 0.3 is 0 Å². The predicted octanol–water partition coefficient (Wildman–Crippen LogP) is 4.64. The van der Waals surface area contributed by atoms with Crippen molar-refractivity contribution in [3.8, 4) is 0 Å². The molecule has 4 rings (SSSR count). The third kappa shape index (κ3) is 4.51. The molecule has 6 nitrogen and oxygen atoms in total. The normalized spacial score (nSPS) is 15.7. The van der Waals surface area contributed by atoms with Gasteiger partial charge < -0.3 is 0 Å². The number of benzene rings is 2. The van der Waals surface area contributed by atoms with Crippen molar-refractivity contribution in [2.24, 2.45) is 0 Å². The highest BCUT2D eigenvalue weighted by Gasteiger charge is 2.25. The van der Waals surface area contributed by atoms with Crippen molar-refractivity contribution in [1.29, 1.82) is 0 Å². The number of imide groups is 2. The summed E-state index contributed by atoms with van der Waals surface area (Å²) in [5.74, 6) is -1.32. The van der Waals surface area contributed by atoms with Crippen LogP contribution in [0, 0.1) is 0 Å². The summed E-state index contributed by atoms with van der Waals surface area (Å²) in [7, 11) is 6.29. The van der Waals surface area contributed by atoms with Gasteiger partial charge in [0.1, 0.15) is 0 Å². The third-order valence-electron chi connectivity index (χ3n) is 4.10. The number of hydrogen-bond donors (Lipinski definition) is 0. The maximum atomic E-state index is 11.7. The first-order chi connectivity index (χ1) is 14.5. The zero-order valence-electron chi connectivity index (χ0n) is 15.1. The molecule has 0 saturated heterocycles. The molecule has 2 heterocycles. The van der Waals surface area contributed by atoms with Crippen molar-refractivity contribution in [3.63, 3.8) is 0 Å². The smallest absolute Gasteiger partial charge is 0.258 e. The second kappa shape index (κ2) is 9.17. The quantitative estimate of drug-likeness (QED) is 0.328. The highest BCUT2D eigenvalue weighted by molar-refractivity contribution is 9.26. The van der Waals surface area contributed by atoms with E-state index in [2.05, 4.69) is 0 Å². The molecule has 0 atom stereocenters. The Morgan fingerprint density at radius 1 is 0.467 bits per heavy atom. The molecule has 0 N–H and O–H groups in total. The lowest BCUT2D eigenvalue weighted by molar-refractivity contribution is -0.121. The summed E-state index contributed by atoms with van der Waals surface area (Å²) in [4.78, 5) is 51.1. The summed E-state index contributed by atoms with van der Waals surface area (Å²) >= 11 is 0. The summed E-state index contributed by atoms with van der Waals surface area (Å²) in [5, 5.41) is 0. The standard InChI is InChI=1S/C20H12N2O4S4/c23-17-9-10-18(24)21(17)13-1-5-15(6-2-13)27-29-30-28-16-7-3-14(4-8-16)22-19(25)11-12-20(22)26/h1-12H. The molecule has 0 unspecified atom stereocenters. The summed E-state index contributed by atoms with van der Waals surface area (Å²) in [6.45, 7) is 0. The topological polar surface area (TPSA) is 74.8 Å². The number of carbonyl (C=O) groups excluding carboxylic acids is 4. The van der Waals surface area contributed by atoms with Crippen LogP contribution in [-0.4, -0.2) is 23.6 Å². The Labute approximate surface area is 187 Å². The van der Waals surface area contributed by atoms with Crippen molar-refractivity contribution < 1.29 is 19.2 Å². The van der Waals surface area contributed by atoms with Crippen molar-refractivity contribution in [2.45, 2.75) is 9.79 Å². The number of nitrogens with zero attached hydrogens (tertiary/aromatic N) is 2. The zero-order chi connectivity index (χ0) is 21.1. The molecule has 2 aliphatic heterocycles. The highest BCUT2D eigenvalue weighted by Crippen LogP contribution is 2.49. The molecule has 0 fully saturated rings. The van der Waals surface area contributed by atoms with Crippen LogP contribution < -0.4 is 9.80 Å². The number of rotatable bonds is 7. The van der Waals surface area contributed by atoms with Gasteiger partial charge in [-0.3, -0.25) is 19.2 Å². The lowest BCUT2D eigenvalue weighted by atomic mass is 10.3. The Balaban J connectivity index is 1.25. The Hall–Kier alpha value is -2.40. The van der Waals surface area contributed by atoms with E-state index in [1.807, 2.05) is 24.3 Å². The Morgan fingerprint density at radius 3 is 1.07 bits per heavy atom. The van der Waals surface area contributed by atoms with Gasteiger partial charge in [0.15, 0.2) is 0 Å².